The van der Waals surface area contributed by atoms with Crippen LogP contribution in [0.15, 0.2) is 0 Å². The van der Waals surface area contributed by atoms with Crippen molar-refractivity contribution >= 4 is 11.7 Å². The van der Waals surface area contributed by atoms with Crippen molar-refractivity contribution in [2.24, 2.45) is 11.3 Å². The number of amides is 1. The minimum Gasteiger partial charge on any atom is -0.344 e. The molecule has 1 atom stereocenters. The Morgan fingerprint density at radius 3 is 2.00 bits per heavy atom. The molecule has 0 aliphatic heterocycles. The molecule has 0 saturated heterocycles. The van der Waals surface area contributed by atoms with E-state index in [4.69, 9.17) is 0 Å². The number of carbonyl (C=O) groups excluding carboxylic acids is 2. The summed E-state index contributed by atoms with van der Waals surface area (Å²) in [4.78, 5) is 27.8. The highest BCUT2D eigenvalue weighted by Gasteiger charge is 2.26. The first-order valence-electron chi connectivity index (χ1n) is 6.98. The predicted molar refractivity (Wildman–Crippen MR) is 79.1 cm³/mol. The van der Waals surface area contributed by atoms with Crippen molar-refractivity contribution in [3.05, 3.63) is 0 Å². The molecule has 4 nitrogen and oxygen atoms in total. The maximum Gasteiger partial charge on any atom is 0.222 e. The van der Waals surface area contributed by atoms with Crippen LogP contribution in [0.5, 0.6) is 0 Å². The largest absolute Gasteiger partial charge is 0.344 e. The van der Waals surface area contributed by atoms with Gasteiger partial charge in [-0.1, -0.05) is 27.7 Å². The van der Waals surface area contributed by atoms with E-state index in [1.54, 1.807) is 4.90 Å². The van der Waals surface area contributed by atoms with E-state index in [-0.39, 0.29) is 23.0 Å². The highest BCUT2D eigenvalue weighted by molar-refractivity contribution is 5.86. The molecule has 0 aromatic heterocycles. The average Bonchev–Trinajstić information content (AvgIpc) is 2.30. The monoisotopic (exact) mass is 270 g/mol. The molecule has 0 aromatic carbocycles. The zero-order valence-corrected chi connectivity index (χ0v) is 13.6. The Balaban J connectivity index is 4.12. The van der Waals surface area contributed by atoms with Gasteiger partial charge in [0.25, 0.3) is 0 Å². The third kappa shape index (κ3) is 7.31. The van der Waals surface area contributed by atoms with Crippen molar-refractivity contribution < 1.29 is 9.59 Å². The van der Waals surface area contributed by atoms with Crippen molar-refractivity contribution in [3.8, 4) is 0 Å². The van der Waals surface area contributed by atoms with Gasteiger partial charge < -0.3 is 9.80 Å². The van der Waals surface area contributed by atoms with Crippen LogP contribution < -0.4 is 0 Å². The van der Waals surface area contributed by atoms with E-state index >= 15 is 0 Å². The third-order valence-electron chi connectivity index (χ3n) is 3.29. The lowest BCUT2D eigenvalue weighted by Crippen LogP contribution is -2.34. The summed E-state index contributed by atoms with van der Waals surface area (Å²) >= 11 is 0. The molecule has 0 heterocycles. The molecule has 0 spiro atoms. The number of likely N-dealkylation sites (N-methyl/N-ethyl adjacent to an activating group) is 2. The fraction of sp³-hybridized carbons (Fsp3) is 0.867. The zero-order chi connectivity index (χ0) is 15.2. The van der Waals surface area contributed by atoms with E-state index in [9.17, 15) is 9.59 Å². The van der Waals surface area contributed by atoms with E-state index in [0.717, 1.165) is 13.1 Å². The quantitative estimate of drug-likeness (QED) is 0.711. The van der Waals surface area contributed by atoms with Gasteiger partial charge in [-0.2, -0.15) is 0 Å². The molecular weight excluding hydrogens is 240 g/mol. The lowest BCUT2D eigenvalue weighted by molar-refractivity contribution is -0.132. The molecule has 1 amide bonds. The van der Waals surface area contributed by atoms with Crippen molar-refractivity contribution in [1.29, 1.82) is 0 Å². The Hall–Kier alpha value is -0.900. The Morgan fingerprint density at radius 1 is 1.05 bits per heavy atom. The van der Waals surface area contributed by atoms with Crippen LogP contribution in [0.1, 0.15) is 40.5 Å². The zero-order valence-electron chi connectivity index (χ0n) is 13.6. The Morgan fingerprint density at radius 2 is 1.58 bits per heavy atom. The van der Waals surface area contributed by atoms with Gasteiger partial charge in [0.1, 0.15) is 5.78 Å². The number of nitrogens with zero attached hydrogens (tertiary/aromatic N) is 2. The molecule has 0 rings (SSSR count). The Bertz CT molecular complexity index is 306. The minimum atomic E-state index is -0.320. The van der Waals surface area contributed by atoms with Gasteiger partial charge in [-0.25, -0.2) is 0 Å². The van der Waals surface area contributed by atoms with Crippen molar-refractivity contribution in [3.63, 3.8) is 0 Å². The SMILES string of the molecule is C[C@@H](CCC(=O)N(C)CCN(C)C)C(=O)C(C)(C)C. The van der Waals surface area contributed by atoms with Gasteiger partial charge in [0, 0.05) is 37.9 Å². The van der Waals surface area contributed by atoms with Crippen LogP contribution in [0.4, 0.5) is 0 Å². The second kappa shape index (κ2) is 7.63. The Kier molecular flexibility index (Phi) is 7.27. The third-order valence-corrected chi connectivity index (χ3v) is 3.29. The minimum absolute atomic E-state index is 0.0498. The number of rotatable bonds is 7. The van der Waals surface area contributed by atoms with Crippen molar-refractivity contribution in [1.82, 2.24) is 9.80 Å². The van der Waals surface area contributed by atoms with Crippen LogP contribution in [0, 0.1) is 11.3 Å². The highest BCUT2D eigenvalue weighted by atomic mass is 16.2. The second-order valence-corrected chi connectivity index (χ2v) is 6.67. The fourth-order valence-electron chi connectivity index (χ4n) is 1.88. The van der Waals surface area contributed by atoms with E-state index in [2.05, 4.69) is 4.90 Å². The summed E-state index contributed by atoms with van der Waals surface area (Å²) in [5.74, 6) is 0.304. The first-order valence-corrected chi connectivity index (χ1v) is 6.98. The van der Waals surface area contributed by atoms with Crippen LogP contribution in [0.3, 0.4) is 0 Å². The summed E-state index contributed by atoms with van der Waals surface area (Å²) < 4.78 is 0. The lowest BCUT2D eigenvalue weighted by atomic mass is 9.82. The smallest absolute Gasteiger partial charge is 0.222 e. The van der Waals surface area contributed by atoms with Gasteiger partial charge in [0.2, 0.25) is 5.91 Å². The predicted octanol–water partition coefficient (Wildman–Crippen LogP) is 2.04. The normalized spacial score (nSPS) is 13.5. The fourth-order valence-corrected chi connectivity index (χ4v) is 1.88. The molecule has 0 unspecified atom stereocenters. The number of hydrogen-bond acceptors (Lipinski definition) is 3. The van der Waals surface area contributed by atoms with Gasteiger partial charge >= 0.3 is 0 Å². The van der Waals surface area contributed by atoms with Gasteiger partial charge in [-0.3, -0.25) is 9.59 Å². The number of ketones is 1. The molecule has 4 heteroatoms. The van der Waals surface area contributed by atoms with Crippen molar-refractivity contribution in [2.45, 2.75) is 40.5 Å². The van der Waals surface area contributed by atoms with E-state index in [1.165, 1.54) is 0 Å². The highest BCUT2D eigenvalue weighted by Crippen LogP contribution is 2.22. The molecule has 0 N–H and O–H groups in total. The summed E-state index contributed by atoms with van der Waals surface area (Å²) in [7, 11) is 5.80. The molecule has 0 aromatic rings. The van der Waals surface area contributed by atoms with Crippen molar-refractivity contribution in [2.75, 3.05) is 34.2 Å². The topological polar surface area (TPSA) is 40.6 Å². The maximum atomic E-state index is 12.0. The van der Waals surface area contributed by atoms with E-state index in [0.29, 0.717) is 12.8 Å². The number of Topliss-reactive ketones (excluding diaryl/α,β-unsaturated/α-hetero) is 1. The van der Waals surface area contributed by atoms with Crippen LogP contribution in [-0.4, -0.2) is 55.7 Å². The molecule has 0 aliphatic carbocycles. The van der Waals surface area contributed by atoms with Gasteiger partial charge in [-0.15, -0.1) is 0 Å². The summed E-state index contributed by atoms with van der Waals surface area (Å²) in [6, 6.07) is 0. The van der Waals surface area contributed by atoms with Crippen LogP contribution in [-0.2, 0) is 9.59 Å². The lowest BCUT2D eigenvalue weighted by Gasteiger charge is -2.23. The number of hydrogen-bond donors (Lipinski definition) is 0. The molecule has 0 saturated carbocycles. The van der Waals surface area contributed by atoms with Crippen LogP contribution >= 0.6 is 0 Å². The van der Waals surface area contributed by atoms with Gasteiger partial charge in [0.15, 0.2) is 0 Å². The van der Waals surface area contributed by atoms with Gasteiger partial charge in [0.05, 0.1) is 0 Å². The van der Waals surface area contributed by atoms with E-state index in [1.807, 2.05) is 48.8 Å². The standard InChI is InChI=1S/C15H30N2O2/c1-12(14(19)15(2,3)4)8-9-13(18)17(7)11-10-16(5)6/h12H,8-11H2,1-7H3/t12-/m0/s1. The first kappa shape index (κ1) is 18.1. The van der Waals surface area contributed by atoms with Gasteiger partial charge in [-0.05, 0) is 20.5 Å². The first-order chi connectivity index (χ1) is 8.55. The molecule has 19 heavy (non-hydrogen) atoms. The molecule has 0 aliphatic rings. The summed E-state index contributed by atoms with van der Waals surface area (Å²) in [5.41, 5.74) is -0.320. The molecule has 0 bridgehead atoms. The van der Waals surface area contributed by atoms with E-state index < -0.39 is 0 Å². The molecule has 0 radical (unpaired) electrons. The summed E-state index contributed by atoms with van der Waals surface area (Å²) in [6.07, 6.45) is 1.09. The summed E-state index contributed by atoms with van der Waals surface area (Å²) in [6.45, 7) is 9.29. The maximum absolute atomic E-state index is 12.0. The Labute approximate surface area is 118 Å². The average molecular weight is 270 g/mol. The van der Waals surface area contributed by atoms with Crippen LogP contribution in [0.2, 0.25) is 0 Å². The van der Waals surface area contributed by atoms with Crippen LogP contribution in [0.25, 0.3) is 0 Å². The molecular formula is C15H30N2O2. The number of carbonyl (C=O) groups is 2. The molecule has 0 fully saturated rings. The summed E-state index contributed by atoms with van der Waals surface area (Å²) in [5, 5.41) is 0. The second-order valence-electron chi connectivity index (χ2n) is 6.67. The molecule has 112 valence electrons.